The zero-order valence-corrected chi connectivity index (χ0v) is 30.1. The van der Waals surface area contributed by atoms with Gasteiger partial charge < -0.3 is 29.2 Å². The number of carbonyl (C=O) groups is 2. The number of aliphatic hydroxyl groups excluding tert-OH is 2. The van der Waals surface area contributed by atoms with Crippen LogP contribution in [-0.4, -0.2) is 61.8 Å². The summed E-state index contributed by atoms with van der Waals surface area (Å²) in [6.45, 7) is 8.18. The molecule has 0 aliphatic heterocycles. The third kappa shape index (κ3) is 12.4. The number of unbranched alkanes of at least 4 members (excludes halogenated alkanes) is 4. The number of hydrogen-bond donors (Lipinski definition) is 2. The zero-order chi connectivity index (χ0) is 36.4. The summed E-state index contributed by atoms with van der Waals surface area (Å²) in [6, 6.07) is 23.0. The van der Waals surface area contributed by atoms with Crippen molar-refractivity contribution in [3.05, 3.63) is 96.6 Å². The second-order valence-electron chi connectivity index (χ2n) is 13.3. The molecule has 0 amide bonds. The molecule has 0 spiro atoms. The van der Waals surface area contributed by atoms with Crippen LogP contribution < -0.4 is 9.47 Å². The van der Waals surface area contributed by atoms with Gasteiger partial charge in [-0.05, 0) is 77.5 Å². The van der Waals surface area contributed by atoms with E-state index < -0.39 is 25.2 Å². The van der Waals surface area contributed by atoms with Gasteiger partial charge in [-0.25, -0.2) is 9.59 Å². The molecule has 1 aliphatic carbocycles. The average molecular weight is 699 g/mol. The molecule has 1 aliphatic rings. The molecule has 274 valence electrons. The fourth-order valence-corrected chi connectivity index (χ4v) is 6.45. The van der Waals surface area contributed by atoms with Gasteiger partial charge >= 0.3 is 11.9 Å². The molecule has 0 aromatic heterocycles. The summed E-state index contributed by atoms with van der Waals surface area (Å²) in [7, 11) is 0. The molecule has 0 radical (unpaired) electrons. The normalized spacial score (nSPS) is 15.5. The number of ether oxygens (including phenoxy) is 4. The fourth-order valence-electron chi connectivity index (χ4n) is 6.45. The number of carbonyl (C=O) groups excluding carboxylic acids is 2. The highest BCUT2D eigenvalue weighted by atomic mass is 16.6. The van der Waals surface area contributed by atoms with Gasteiger partial charge in [0.25, 0.3) is 0 Å². The van der Waals surface area contributed by atoms with Crippen LogP contribution in [0.2, 0.25) is 0 Å². The molecule has 1 saturated carbocycles. The first-order valence-electron chi connectivity index (χ1n) is 18.3. The number of aliphatic hydroxyl groups is 2. The molecule has 0 unspecified atom stereocenters. The van der Waals surface area contributed by atoms with Crippen LogP contribution in [0.1, 0.15) is 82.6 Å². The molecule has 0 saturated heterocycles. The Morgan fingerprint density at radius 3 is 1.67 bits per heavy atom. The number of hydrogen-bond acceptors (Lipinski definition) is 8. The molecule has 0 heterocycles. The fraction of sp³-hybridized carbons (Fsp3) is 0.442. The van der Waals surface area contributed by atoms with Gasteiger partial charge in [-0.1, -0.05) is 113 Å². The first-order valence-corrected chi connectivity index (χ1v) is 18.3. The van der Waals surface area contributed by atoms with Crippen LogP contribution in [0.25, 0.3) is 22.3 Å². The summed E-state index contributed by atoms with van der Waals surface area (Å²) < 4.78 is 21.9. The quantitative estimate of drug-likeness (QED) is 0.0647. The molecule has 3 aromatic carbocycles. The van der Waals surface area contributed by atoms with E-state index in [9.17, 15) is 9.59 Å². The maximum atomic E-state index is 11.8. The Labute approximate surface area is 303 Å². The van der Waals surface area contributed by atoms with E-state index in [0.29, 0.717) is 17.4 Å². The molecule has 3 aromatic rings. The van der Waals surface area contributed by atoms with E-state index in [1.165, 1.54) is 75.3 Å². The minimum atomic E-state index is -0.696. The van der Waals surface area contributed by atoms with Crippen molar-refractivity contribution in [1.29, 1.82) is 0 Å². The van der Waals surface area contributed by atoms with Crippen LogP contribution >= 0.6 is 0 Å². The average Bonchev–Trinajstić information content (AvgIpc) is 3.17. The molecule has 0 bridgehead atoms. The monoisotopic (exact) mass is 698 g/mol. The summed E-state index contributed by atoms with van der Waals surface area (Å²) in [4.78, 5) is 23.6. The van der Waals surface area contributed by atoms with Gasteiger partial charge in [0.05, 0.1) is 24.4 Å². The summed E-state index contributed by atoms with van der Waals surface area (Å²) in [5.74, 6) is 1.00. The smallest absolute Gasteiger partial charge is 0.335 e. The van der Waals surface area contributed by atoms with E-state index in [4.69, 9.17) is 29.2 Å². The Morgan fingerprint density at radius 2 is 1.12 bits per heavy atom. The van der Waals surface area contributed by atoms with Crippen molar-refractivity contribution in [1.82, 2.24) is 0 Å². The van der Waals surface area contributed by atoms with Crippen LogP contribution in [0.5, 0.6) is 11.5 Å². The van der Waals surface area contributed by atoms with Crippen molar-refractivity contribution >= 4 is 11.9 Å². The van der Waals surface area contributed by atoms with Crippen molar-refractivity contribution in [3.63, 3.8) is 0 Å². The second-order valence-corrected chi connectivity index (χ2v) is 13.3. The molecule has 0 atom stereocenters. The number of esters is 2. The molecule has 8 nitrogen and oxygen atoms in total. The Bertz CT molecular complexity index is 1550. The Hall–Kier alpha value is -4.40. The summed E-state index contributed by atoms with van der Waals surface area (Å²) >= 11 is 0. The van der Waals surface area contributed by atoms with Crippen molar-refractivity contribution in [3.8, 4) is 33.8 Å². The van der Waals surface area contributed by atoms with Gasteiger partial charge in [0.2, 0.25) is 0 Å². The predicted molar refractivity (Wildman–Crippen MR) is 201 cm³/mol. The largest absolute Gasteiger partial charge is 0.486 e. The third-order valence-corrected chi connectivity index (χ3v) is 9.55. The SMILES string of the molecule is C=C(CO)C(=O)OCCOc1ccc(-c2ccc(-c3ccc(C4CCC(CCCCCCC)CC4)cc3)cc2)cc1OCCOC(=O)C(=C)CO. The molecular formula is C43H54O8. The third-order valence-electron chi connectivity index (χ3n) is 9.55. The molecule has 8 heteroatoms. The number of benzene rings is 3. The van der Waals surface area contributed by atoms with E-state index in [2.05, 4.69) is 68.6 Å². The molecule has 2 N–H and O–H groups in total. The Balaban J connectivity index is 1.36. The lowest BCUT2D eigenvalue weighted by atomic mass is 9.77. The second kappa shape index (κ2) is 21.1. The van der Waals surface area contributed by atoms with Gasteiger partial charge in [0.1, 0.15) is 26.4 Å². The standard InChI is InChI=1S/C43H54O8/c1-4-5-6-7-8-9-33-10-12-34(13-11-33)35-14-16-36(17-15-35)37-18-20-38(21-19-37)39-22-23-40(48-24-26-50-42(46)31(2)29-44)41(28-39)49-25-27-51-43(47)32(3)30-45/h14-23,28,33-34,44-45H,2-13,24-27,29-30H2,1H3. The van der Waals surface area contributed by atoms with E-state index >= 15 is 0 Å². The summed E-state index contributed by atoms with van der Waals surface area (Å²) in [6.07, 6.45) is 13.6. The van der Waals surface area contributed by atoms with Crippen molar-refractivity contribution in [2.24, 2.45) is 5.92 Å². The minimum Gasteiger partial charge on any atom is -0.486 e. The Morgan fingerprint density at radius 1 is 0.627 bits per heavy atom. The molecule has 4 rings (SSSR count). The summed E-state index contributed by atoms with van der Waals surface area (Å²) in [5.41, 5.74) is 5.57. The Kier molecular flexibility index (Phi) is 16.3. The van der Waals surface area contributed by atoms with Crippen LogP contribution in [-0.2, 0) is 19.1 Å². The van der Waals surface area contributed by atoms with E-state index in [0.717, 1.165) is 22.6 Å². The predicted octanol–water partition coefficient (Wildman–Crippen LogP) is 8.60. The minimum absolute atomic E-state index is 0.0328. The van der Waals surface area contributed by atoms with Gasteiger partial charge in [0.15, 0.2) is 11.5 Å². The molecular weight excluding hydrogens is 644 g/mol. The van der Waals surface area contributed by atoms with Gasteiger partial charge in [0, 0.05) is 0 Å². The van der Waals surface area contributed by atoms with Crippen LogP contribution in [0, 0.1) is 5.92 Å². The van der Waals surface area contributed by atoms with E-state index in [1.807, 2.05) is 12.1 Å². The number of rotatable bonds is 21. The zero-order valence-electron chi connectivity index (χ0n) is 30.1. The highest BCUT2D eigenvalue weighted by Crippen LogP contribution is 2.39. The van der Waals surface area contributed by atoms with E-state index in [-0.39, 0.29) is 37.6 Å². The molecule has 1 fully saturated rings. The highest BCUT2D eigenvalue weighted by molar-refractivity contribution is 5.88. The van der Waals surface area contributed by atoms with Crippen LogP contribution in [0.4, 0.5) is 0 Å². The van der Waals surface area contributed by atoms with Gasteiger partial charge in [-0.2, -0.15) is 0 Å². The lowest BCUT2D eigenvalue weighted by molar-refractivity contribution is -0.141. The lowest BCUT2D eigenvalue weighted by Gasteiger charge is -2.29. The topological polar surface area (TPSA) is 112 Å². The van der Waals surface area contributed by atoms with Crippen molar-refractivity contribution in [2.75, 3.05) is 39.6 Å². The summed E-state index contributed by atoms with van der Waals surface area (Å²) in [5, 5.41) is 18.1. The van der Waals surface area contributed by atoms with Crippen molar-refractivity contribution < 1.29 is 38.7 Å². The lowest BCUT2D eigenvalue weighted by Crippen LogP contribution is -2.16. The first kappa shape index (κ1) is 39.4. The maximum absolute atomic E-state index is 11.8. The highest BCUT2D eigenvalue weighted by Gasteiger charge is 2.22. The molecule has 51 heavy (non-hydrogen) atoms. The van der Waals surface area contributed by atoms with Crippen LogP contribution in [0.3, 0.4) is 0 Å². The van der Waals surface area contributed by atoms with Gasteiger partial charge in [-0.15, -0.1) is 0 Å². The van der Waals surface area contributed by atoms with Crippen LogP contribution in [0.15, 0.2) is 91.0 Å². The van der Waals surface area contributed by atoms with Gasteiger partial charge in [-0.3, -0.25) is 0 Å². The van der Waals surface area contributed by atoms with E-state index in [1.54, 1.807) is 6.07 Å². The maximum Gasteiger partial charge on any atom is 0.335 e. The first-order chi connectivity index (χ1) is 24.8. The van der Waals surface area contributed by atoms with Crippen molar-refractivity contribution in [2.45, 2.75) is 77.0 Å².